The fourth-order valence-electron chi connectivity index (χ4n) is 3.65. The lowest BCUT2D eigenvalue weighted by Crippen LogP contribution is -2.40. The van der Waals surface area contributed by atoms with Gasteiger partial charge in [0.15, 0.2) is 0 Å². The van der Waals surface area contributed by atoms with Crippen molar-refractivity contribution in [1.29, 1.82) is 0 Å². The molecule has 2 nitrogen and oxygen atoms in total. The van der Waals surface area contributed by atoms with Gasteiger partial charge in [-0.05, 0) is 55.7 Å². The van der Waals surface area contributed by atoms with Gasteiger partial charge < -0.3 is 10.1 Å². The molecule has 3 fully saturated rings. The van der Waals surface area contributed by atoms with Crippen LogP contribution in [0.2, 0.25) is 5.02 Å². The van der Waals surface area contributed by atoms with Crippen LogP contribution in [0, 0.1) is 5.92 Å². The Bertz CT molecular complexity index is 456. The molecule has 1 aliphatic carbocycles. The minimum atomic E-state index is 0.457. The lowest BCUT2D eigenvalue weighted by atomic mass is 9.93. The van der Waals surface area contributed by atoms with Crippen molar-refractivity contribution in [2.75, 3.05) is 0 Å². The number of hydrogen-bond donors (Lipinski definition) is 1. The summed E-state index contributed by atoms with van der Waals surface area (Å²) in [5.41, 5.74) is 1.38. The number of hydrogen-bond acceptors (Lipinski definition) is 2. The topological polar surface area (TPSA) is 21.3 Å². The van der Waals surface area contributed by atoms with Gasteiger partial charge in [0.2, 0.25) is 0 Å². The van der Waals surface area contributed by atoms with Crippen LogP contribution in [0.25, 0.3) is 0 Å². The number of benzene rings is 1. The molecular formula is C16H20ClNO. The molecule has 4 atom stereocenters. The van der Waals surface area contributed by atoms with E-state index < -0.39 is 0 Å². The van der Waals surface area contributed by atoms with Crippen LogP contribution in [0.5, 0.6) is 0 Å². The van der Waals surface area contributed by atoms with Crippen molar-refractivity contribution >= 4 is 11.6 Å². The molecule has 3 aliphatic rings. The molecule has 4 unspecified atom stereocenters. The van der Waals surface area contributed by atoms with E-state index >= 15 is 0 Å². The van der Waals surface area contributed by atoms with Crippen molar-refractivity contribution in [3.05, 3.63) is 34.9 Å². The molecule has 0 amide bonds. The molecule has 19 heavy (non-hydrogen) atoms. The first-order valence-corrected chi connectivity index (χ1v) is 7.84. The zero-order valence-electron chi connectivity index (χ0n) is 11.0. The van der Waals surface area contributed by atoms with Gasteiger partial charge in [-0.25, -0.2) is 0 Å². The van der Waals surface area contributed by atoms with E-state index in [1.165, 1.54) is 37.7 Å². The van der Waals surface area contributed by atoms with Gasteiger partial charge in [-0.3, -0.25) is 0 Å². The zero-order chi connectivity index (χ0) is 12.8. The molecule has 0 aromatic heterocycles. The molecular weight excluding hydrogens is 258 g/mol. The third kappa shape index (κ3) is 2.42. The third-order valence-corrected chi connectivity index (χ3v) is 5.07. The molecule has 3 heteroatoms. The van der Waals surface area contributed by atoms with Crippen molar-refractivity contribution in [2.24, 2.45) is 5.92 Å². The summed E-state index contributed by atoms with van der Waals surface area (Å²) in [5.74, 6) is 0.806. The van der Waals surface area contributed by atoms with Gasteiger partial charge in [0.05, 0.1) is 12.2 Å². The second-order valence-corrected chi connectivity index (χ2v) is 6.69. The molecule has 102 valence electrons. The maximum atomic E-state index is 5.99. The van der Waals surface area contributed by atoms with Gasteiger partial charge in [0, 0.05) is 17.1 Å². The molecule has 1 aromatic carbocycles. The highest BCUT2D eigenvalue weighted by molar-refractivity contribution is 6.30. The van der Waals surface area contributed by atoms with Crippen LogP contribution in [0.4, 0.5) is 0 Å². The molecule has 2 heterocycles. The van der Waals surface area contributed by atoms with Crippen LogP contribution in [0.3, 0.4) is 0 Å². The Labute approximate surface area is 119 Å². The van der Waals surface area contributed by atoms with Crippen LogP contribution in [-0.4, -0.2) is 18.2 Å². The van der Waals surface area contributed by atoms with Gasteiger partial charge in [-0.1, -0.05) is 23.7 Å². The van der Waals surface area contributed by atoms with Crippen LogP contribution >= 0.6 is 11.6 Å². The Kier molecular flexibility index (Phi) is 3.06. The van der Waals surface area contributed by atoms with Crippen LogP contribution in [0.15, 0.2) is 24.3 Å². The Morgan fingerprint density at radius 2 is 1.89 bits per heavy atom. The van der Waals surface area contributed by atoms with Crippen molar-refractivity contribution < 1.29 is 4.74 Å². The Morgan fingerprint density at radius 1 is 1.11 bits per heavy atom. The third-order valence-electron chi connectivity index (χ3n) is 4.82. The summed E-state index contributed by atoms with van der Waals surface area (Å²) in [6, 6.07) is 9.40. The zero-order valence-corrected chi connectivity index (χ0v) is 11.8. The predicted octanol–water partition coefficient (Wildman–Crippen LogP) is 3.70. The normalized spacial score (nSPS) is 34.7. The van der Waals surface area contributed by atoms with Gasteiger partial charge in [-0.2, -0.15) is 0 Å². The first-order chi connectivity index (χ1) is 9.29. The minimum absolute atomic E-state index is 0.457. The van der Waals surface area contributed by atoms with Gasteiger partial charge >= 0.3 is 0 Å². The van der Waals surface area contributed by atoms with E-state index in [0.717, 1.165) is 10.9 Å². The van der Waals surface area contributed by atoms with E-state index in [2.05, 4.69) is 17.4 Å². The standard InChI is InChI=1S/C16H20ClNO/c17-12-5-3-11(4-6-12)16(10-1-2-10)18-14-9-13-7-8-15(14)19-13/h3-6,10,13-16,18H,1-2,7-9H2. The summed E-state index contributed by atoms with van der Waals surface area (Å²) in [7, 11) is 0. The fourth-order valence-corrected chi connectivity index (χ4v) is 3.77. The quantitative estimate of drug-likeness (QED) is 0.906. The Hall–Kier alpha value is -0.570. The number of fused-ring (bicyclic) bond motifs is 2. The van der Waals surface area contributed by atoms with Gasteiger partial charge in [0.1, 0.15) is 0 Å². The second kappa shape index (κ2) is 4.76. The van der Waals surface area contributed by atoms with Crippen LogP contribution < -0.4 is 5.32 Å². The maximum absolute atomic E-state index is 5.99. The van der Waals surface area contributed by atoms with E-state index in [0.29, 0.717) is 24.3 Å². The minimum Gasteiger partial charge on any atom is -0.373 e. The van der Waals surface area contributed by atoms with Crippen LogP contribution in [0.1, 0.15) is 43.7 Å². The molecule has 1 N–H and O–H groups in total. The highest BCUT2D eigenvalue weighted by Crippen LogP contribution is 2.43. The molecule has 1 saturated carbocycles. The SMILES string of the molecule is Clc1ccc(C(NC2CC3CCC2O3)C2CC2)cc1. The monoisotopic (exact) mass is 277 g/mol. The molecule has 2 bridgehead atoms. The Morgan fingerprint density at radius 3 is 2.47 bits per heavy atom. The highest BCUT2D eigenvalue weighted by Gasteiger charge is 2.43. The number of ether oxygens (including phenoxy) is 1. The fraction of sp³-hybridized carbons (Fsp3) is 0.625. The molecule has 0 radical (unpaired) electrons. The lowest BCUT2D eigenvalue weighted by Gasteiger charge is -2.27. The molecule has 4 rings (SSSR count). The summed E-state index contributed by atoms with van der Waals surface area (Å²) in [5, 5.41) is 4.70. The molecule has 1 aromatic rings. The van der Waals surface area contributed by atoms with Gasteiger partial charge in [0.25, 0.3) is 0 Å². The summed E-state index contributed by atoms with van der Waals surface area (Å²) >= 11 is 5.99. The number of rotatable bonds is 4. The van der Waals surface area contributed by atoms with E-state index in [4.69, 9.17) is 16.3 Å². The summed E-state index contributed by atoms with van der Waals surface area (Å²) in [6.45, 7) is 0. The predicted molar refractivity (Wildman–Crippen MR) is 76.4 cm³/mol. The number of nitrogens with one attached hydrogen (secondary N) is 1. The smallest absolute Gasteiger partial charge is 0.0733 e. The van der Waals surface area contributed by atoms with E-state index in [1.807, 2.05) is 12.1 Å². The largest absolute Gasteiger partial charge is 0.373 e. The Balaban J connectivity index is 1.50. The summed E-state index contributed by atoms with van der Waals surface area (Å²) in [6.07, 6.45) is 7.37. The average molecular weight is 278 g/mol. The van der Waals surface area contributed by atoms with E-state index in [1.54, 1.807) is 0 Å². The second-order valence-electron chi connectivity index (χ2n) is 6.25. The average Bonchev–Trinajstić information content (AvgIpc) is 3.05. The van der Waals surface area contributed by atoms with Crippen molar-refractivity contribution in [1.82, 2.24) is 5.32 Å². The van der Waals surface area contributed by atoms with E-state index in [-0.39, 0.29) is 0 Å². The molecule has 0 spiro atoms. The number of halogens is 1. The summed E-state index contributed by atoms with van der Waals surface area (Å²) in [4.78, 5) is 0. The highest BCUT2D eigenvalue weighted by atomic mass is 35.5. The first kappa shape index (κ1) is 12.2. The molecule has 2 aliphatic heterocycles. The van der Waals surface area contributed by atoms with Gasteiger partial charge in [-0.15, -0.1) is 0 Å². The lowest BCUT2D eigenvalue weighted by molar-refractivity contribution is 0.0955. The van der Waals surface area contributed by atoms with Crippen molar-refractivity contribution in [3.63, 3.8) is 0 Å². The first-order valence-electron chi connectivity index (χ1n) is 7.46. The molecule has 2 saturated heterocycles. The van der Waals surface area contributed by atoms with Crippen LogP contribution in [-0.2, 0) is 4.74 Å². The van der Waals surface area contributed by atoms with Crippen molar-refractivity contribution in [2.45, 2.75) is 56.4 Å². The van der Waals surface area contributed by atoms with E-state index in [9.17, 15) is 0 Å². The van der Waals surface area contributed by atoms with Crippen molar-refractivity contribution in [3.8, 4) is 0 Å². The maximum Gasteiger partial charge on any atom is 0.0733 e. The summed E-state index contributed by atoms with van der Waals surface area (Å²) < 4.78 is 5.96.